The number of rotatable bonds is 3. The molecule has 0 radical (unpaired) electrons. The monoisotopic (exact) mass is 322 g/mol. The average Bonchev–Trinajstić information content (AvgIpc) is 3.03. The first kappa shape index (κ1) is 12.7. The third-order valence-electron chi connectivity index (χ3n) is 3.82. The van der Waals surface area contributed by atoms with Crippen molar-refractivity contribution in [2.24, 2.45) is 0 Å². The fraction of sp³-hybridized carbons (Fsp3) is 0.429. The van der Waals surface area contributed by atoms with Gasteiger partial charge in [0.2, 0.25) is 11.8 Å². The molecular weight excluding hydrogens is 308 g/mol. The molecule has 2 amide bonds. The van der Waals surface area contributed by atoms with Crippen molar-refractivity contribution in [1.82, 2.24) is 10.6 Å². The molecular formula is C14H15BrN2O2. The molecule has 1 heterocycles. The van der Waals surface area contributed by atoms with E-state index in [2.05, 4.69) is 26.6 Å². The number of amides is 2. The number of carbonyl (C=O) groups is 2. The summed E-state index contributed by atoms with van der Waals surface area (Å²) in [4.78, 5) is 23.3. The lowest BCUT2D eigenvalue weighted by atomic mass is 10.0. The first-order valence-corrected chi connectivity index (χ1v) is 7.26. The maximum Gasteiger partial charge on any atom is 0.243 e. The Labute approximate surface area is 120 Å². The molecule has 3 rings (SSSR count). The topological polar surface area (TPSA) is 58.2 Å². The second-order valence-corrected chi connectivity index (χ2v) is 6.15. The van der Waals surface area contributed by atoms with Crippen LogP contribution in [0, 0.1) is 0 Å². The third kappa shape index (κ3) is 2.52. The standard InChI is InChI=1S/C14H15BrN2O2/c15-10-3-1-9(2-4-10)14(7-8-14)17-13(19)11-5-6-12(18)16-11/h1-4,11H,5-8H2,(H,16,18)(H,17,19)/t11-/m0/s1. The van der Waals surface area contributed by atoms with E-state index in [0.29, 0.717) is 12.8 Å². The van der Waals surface area contributed by atoms with Gasteiger partial charge in [0.1, 0.15) is 6.04 Å². The summed E-state index contributed by atoms with van der Waals surface area (Å²) in [5.41, 5.74) is 0.916. The summed E-state index contributed by atoms with van der Waals surface area (Å²) >= 11 is 3.41. The zero-order valence-corrected chi connectivity index (χ0v) is 12.0. The van der Waals surface area contributed by atoms with Gasteiger partial charge in [0.25, 0.3) is 0 Å². The van der Waals surface area contributed by atoms with E-state index in [9.17, 15) is 9.59 Å². The zero-order chi connectivity index (χ0) is 13.5. The highest BCUT2D eigenvalue weighted by Gasteiger charge is 2.46. The Morgan fingerprint density at radius 2 is 2.00 bits per heavy atom. The van der Waals surface area contributed by atoms with Crippen LogP contribution in [0.4, 0.5) is 0 Å². The van der Waals surface area contributed by atoms with Crippen molar-refractivity contribution in [1.29, 1.82) is 0 Å². The minimum atomic E-state index is -0.361. The van der Waals surface area contributed by atoms with Crippen LogP contribution in [-0.2, 0) is 15.1 Å². The van der Waals surface area contributed by atoms with E-state index >= 15 is 0 Å². The molecule has 19 heavy (non-hydrogen) atoms. The van der Waals surface area contributed by atoms with Crippen LogP contribution in [0.15, 0.2) is 28.7 Å². The molecule has 2 fully saturated rings. The van der Waals surface area contributed by atoms with Gasteiger partial charge in [0.15, 0.2) is 0 Å². The van der Waals surface area contributed by atoms with Crippen molar-refractivity contribution in [3.05, 3.63) is 34.3 Å². The van der Waals surface area contributed by atoms with Gasteiger partial charge in [-0.1, -0.05) is 28.1 Å². The summed E-state index contributed by atoms with van der Waals surface area (Å²) in [5, 5.41) is 5.80. The van der Waals surface area contributed by atoms with Gasteiger partial charge in [0.05, 0.1) is 5.54 Å². The van der Waals surface area contributed by atoms with Crippen LogP contribution in [0.1, 0.15) is 31.2 Å². The van der Waals surface area contributed by atoms with Crippen molar-refractivity contribution >= 4 is 27.7 Å². The molecule has 2 aliphatic rings. The summed E-state index contributed by atoms with van der Waals surface area (Å²) in [6.45, 7) is 0. The lowest BCUT2D eigenvalue weighted by Crippen LogP contribution is -2.46. The minimum absolute atomic E-state index is 0.0337. The Hall–Kier alpha value is -1.36. The molecule has 2 N–H and O–H groups in total. The molecule has 0 spiro atoms. The molecule has 0 aromatic heterocycles. The molecule has 0 unspecified atom stereocenters. The quantitative estimate of drug-likeness (QED) is 0.892. The van der Waals surface area contributed by atoms with Crippen molar-refractivity contribution in [3.8, 4) is 0 Å². The molecule has 1 aliphatic heterocycles. The maximum absolute atomic E-state index is 12.2. The smallest absolute Gasteiger partial charge is 0.243 e. The van der Waals surface area contributed by atoms with Crippen LogP contribution in [0.5, 0.6) is 0 Å². The van der Waals surface area contributed by atoms with Crippen LogP contribution in [0.25, 0.3) is 0 Å². The van der Waals surface area contributed by atoms with Crippen LogP contribution in [-0.4, -0.2) is 17.9 Å². The highest BCUT2D eigenvalue weighted by Crippen LogP contribution is 2.45. The van der Waals surface area contributed by atoms with Gasteiger partial charge >= 0.3 is 0 Å². The van der Waals surface area contributed by atoms with Gasteiger partial charge < -0.3 is 10.6 Å². The average molecular weight is 323 g/mol. The van der Waals surface area contributed by atoms with E-state index < -0.39 is 0 Å². The third-order valence-corrected chi connectivity index (χ3v) is 4.35. The van der Waals surface area contributed by atoms with Gasteiger partial charge in [-0.2, -0.15) is 0 Å². The first-order valence-electron chi connectivity index (χ1n) is 6.46. The summed E-state index contributed by atoms with van der Waals surface area (Å²) in [5.74, 6) is -0.0973. The minimum Gasteiger partial charge on any atom is -0.345 e. The molecule has 4 nitrogen and oxygen atoms in total. The number of hydrogen-bond acceptors (Lipinski definition) is 2. The maximum atomic E-state index is 12.2. The van der Waals surface area contributed by atoms with Gasteiger partial charge in [-0.05, 0) is 37.0 Å². The van der Waals surface area contributed by atoms with E-state index in [1.807, 2.05) is 24.3 Å². The van der Waals surface area contributed by atoms with Gasteiger partial charge in [-0.3, -0.25) is 9.59 Å². The summed E-state index contributed by atoms with van der Waals surface area (Å²) in [7, 11) is 0. The van der Waals surface area contributed by atoms with Crippen molar-refractivity contribution in [2.75, 3.05) is 0 Å². The van der Waals surface area contributed by atoms with Gasteiger partial charge in [-0.25, -0.2) is 0 Å². The van der Waals surface area contributed by atoms with Crippen molar-refractivity contribution < 1.29 is 9.59 Å². The summed E-state index contributed by atoms with van der Waals surface area (Å²) in [6.07, 6.45) is 2.96. The number of hydrogen-bond donors (Lipinski definition) is 2. The number of halogens is 1. The molecule has 1 aromatic carbocycles. The molecule has 1 atom stereocenters. The van der Waals surface area contributed by atoms with Gasteiger partial charge in [0, 0.05) is 10.9 Å². The van der Waals surface area contributed by atoms with Crippen LogP contribution in [0.2, 0.25) is 0 Å². The Balaban J connectivity index is 1.70. The van der Waals surface area contributed by atoms with E-state index in [4.69, 9.17) is 0 Å². The molecule has 1 saturated carbocycles. The fourth-order valence-corrected chi connectivity index (χ4v) is 2.78. The molecule has 100 valence electrons. The van der Waals surface area contributed by atoms with Crippen LogP contribution < -0.4 is 10.6 Å². The number of benzene rings is 1. The SMILES string of the molecule is O=C1CC[C@@H](C(=O)NC2(c3ccc(Br)cc3)CC2)N1. The molecule has 1 aliphatic carbocycles. The molecule has 1 saturated heterocycles. The Kier molecular flexibility index (Phi) is 3.09. The van der Waals surface area contributed by atoms with Crippen LogP contribution in [0.3, 0.4) is 0 Å². The second-order valence-electron chi connectivity index (χ2n) is 5.24. The highest BCUT2D eigenvalue weighted by molar-refractivity contribution is 9.10. The normalized spacial score (nSPS) is 23.8. The first-order chi connectivity index (χ1) is 9.09. The second kappa shape index (κ2) is 4.63. The van der Waals surface area contributed by atoms with E-state index in [0.717, 1.165) is 22.9 Å². The van der Waals surface area contributed by atoms with Crippen molar-refractivity contribution in [2.45, 2.75) is 37.3 Å². The lowest BCUT2D eigenvalue weighted by molar-refractivity contribution is -0.126. The predicted molar refractivity (Wildman–Crippen MR) is 74.4 cm³/mol. The van der Waals surface area contributed by atoms with Crippen molar-refractivity contribution in [3.63, 3.8) is 0 Å². The Morgan fingerprint density at radius 1 is 1.32 bits per heavy atom. The number of nitrogens with one attached hydrogen (secondary N) is 2. The highest BCUT2D eigenvalue weighted by atomic mass is 79.9. The summed E-state index contributed by atoms with van der Waals surface area (Å²) in [6, 6.07) is 7.67. The van der Waals surface area contributed by atoms with E-state index in [-0.39, 0.29) is 23.4 Å². The molecule has 5 heteroatoms. The molecule has 0 bridgehead atoms. The lowest BCUT2D eigenvalue weighted by Gasteiger charge is -2.20. The van der Waals surface area contributed by atoms with Crippen LogP contribution >= 0.6 is 15.9 Å². The Morgan fingerprint density at radius 3 is 2.53 bits per heavy atom. The predicted octanol–water partition coefficient (Wildman–Crippen LogP) is 1.83. The van der Waals surface area contributed by atoms with E-state index in [1.54, 1.807) is 0 Å². The fourth-order valence-electron chi connectivity index (χ4n) is 2.51. The summed E-state index contributed by atoms with van der Waals surface area (Å²) < 4.78 is 1.03. The zero-order valence-electron chi connectivity index (χ0n) is 10.4. The largest absolute Gasteiger partial charge is 0.345 e. The van der Waals surface area contributed by atoms with Gasteiger partial charge in [-0.15, -0.1) is 0 Å². The van der Waals surface area contributed by atoms with E-state index in [1.165, 1.54) is 0 Å². The number of carbonyl (C=O) groups excluding carboxylic acids is 2. The Bertz CT molecular complexity index is 523. The molecule has 1 aromatic rings.